The van der Waals surface area contributed by atoms with Crippen LogP contribution in [0.5, 0.6) is 0 Å². The number of halogens is 2. The standard InChI is InChI=1S/C22H20Br2/c23-21-17(13-19(21)15-7-3-1-4-8-15)11-12-18-14-20(22(18)24)16-9-5-2-6-10-16/h1-10,19-20H,11-14H2. The van der Waals surface area contributed by atoms with Crippen LogP contribution in [0.15, 0.2) is 80.8 Å². The first kappa shape index (κ1) is 16.4. The van der Waals surface area contributed by atoms with E-state index in [9.17, 15) is 0 Å². The molecule has 2 aliphatic carbocycles. The Morgan fingerprint density at radius 2 is 1.00 bits per heavy atom. The van der Waals surface area contributed by atoms with Crippen molar-refractivity contribution in [2.24, 2.45) is 0 Å². The van der Waals surface area contributed by atoms with Crippen molar-refractivity contribution < 1.29 is 0 Å². The monoisotopic (exact) mass is 442 g/mol. The summed E-state index contributed by atoms with van der Waals surface area (Å²) in [6, 6.07) is 21.6. The molecule has 0 amide bonds. The molecular weight excluding hydrogens is 424 g/mol. The summed E-state index contributed by atoms with van der Waals surface area (Å²) < 4.78 is 2.84. The van der Waals surface area contributed by atoms with Crippen LogP contribution in [0.25, 0.3) is 0 Å². The minimum Gasteiger partial charge on any atom is -0.0622 e. The third-order valence-corrected chi connectivity index (χ3v) is 7.55. The third kappa shape index (κ3) is 3.07. The van der Waals surface area contributed by atoms with Crippen molar-refractivity contribution in [3.63, 3.8) is 0 Å². The van der Waals surface area contributed by atoms with Gasteiger partial charge in [-0.05, 0) is 36.8 Å². The molecule has 0 N–H and O–H groups in total. The van der Waals surface area contributed by atoms with Crippen molar-refractivity contribution in [1.29, 1.82) is 0 Å². The highest BCUT2D eigenvalue weighted by Gasteiger charge is 2.31. The Labute approximate surface area is 160 Å². The van der Waals surface area contributed by atoms with E-state index in [1.807, 2.05) is 0 Å². The lowest BCUT2D eigenvalue weighted by atomic mass is 9.75. The highest BCUT2D eigenvalue weighted by molar-refractivity contribution is 9.12. The van der Waals surface area contributed by atoms with Crippen LogP contribution in [0.4, 0.5) is 0 Å². The predicted molar refractivity (Wildman–Crippen MR) is 109 cm³/mol. The maximum atomic E-state index is 3.84. The van der Waals surface area contributed by atoms with E-state index in [4.69, 9.17) is 0 Å². The van der Waals surface area contributed by atoms with E-state index >= 15 is 0 Å². The number of hydrogen-bond acceptors (Lipinski definition) is 0. The van der Waals surface area contributed by atoms with Gasteiger partial charge in [-0.15, -0.1) is 0 Å². The van der Waals surface area contributed by atoms with Gasteiger partial charge in [0.1, 0.15) is 0 Å². The van der Waals surface area contributed by atoms with E-state index in [1.54, 1.807) is 11.1 Å². The molecule has 2 aliphatic rings. The van der Waals surface area contributed by atoms with Gasteiger partial charge in [0.2, 0.25) is 0 Å². The second-order valence-electron chi connectivity index (χ2n) is 6.74. The number of benzene rings is 2. The molecule has 4 rings (SSSR count). The molecular formula is C22H20Br2. The van der Waals surface area contributed by atoms with Gasteiger partial charge in [-0.1, -0.05) is 104 Å². The van der Waals surface area contributed by atoms with Gasteiger partial charge in [-0.2, -0.15) is 0 Å². The molecule has 0 fully saturated rings. The van der Waals surface area contributed by atoms with Crippen molar-refractivity contribution >= 4 is 31.9 Å². The molecule has 0 aromatic heterocycles. The zero-order chi connectivity index (χ0) is 16.5. The van der Waals surface area contributed by atoms with E-state index in [-0.39, 0.29) is 0 Å². The minimum atomic E-state index is 0.581. The molecule has 0 saturated heterocycles. The van der Waals surface area contributed by atoms with Gasteiger partial charge in [-0.3, -0.25) is 0 Å². The van der Waals surface area contributed by atoms with Gasteiger partial charge in [0, 0.05) is 20.8 Å². The molecule has 2 heteroatoms. The van der Waals surface area contributed by atoms with Gasteiger partial charge in [-0.25, -0.2) is 0 Å². The minimum absolute atomic E-state index is 0.581. The molecule has 2 unspecified atom stereocenters. The average molecular weight is 444 g/mol. The highest BCUT2D eigenvalue weighted by atomic mass is 79.9. The maximum absolute atomic E-state index is 3.84. The fourth-order valence-corrected chi connectivity index (χ4v) is 5.31. The van der Waals surface area contributed by atoms with Gasteiger partial charge in [0.05, 0.1) is 0 Å². The molecule has 2 atom stereocenters. The second kappa shape index (κ2) is 7.01. The molecule has 0 aliphatic heterocycles. The number of rotatable bonds is 5. The molecule has 2 aromatic rings. The Morgan fingerprint density at radius 3 is 1.33 bits per heavy atom. The largest absolute Gasteiger partial charge is 0.0622 e. The van der Waals surface area contributed by atoms with Crippen LogP contribution in [-0.2, 0) is 0 Å². The van der Waals surface area contributed by atoms with Crippen LogP contribution >= 0.6 is 31.9 Å². The zero-order valence-corrected chi connectivity index (χ0v) is 16.7. The van der Waals surface area contributed by atoms with E-state index < -0.39 is 0 Å². The van der Waals surface area contributed by atoms with E-state index in [1.165, 1.54) is 45.8 Å². The van der Waals surface area contributed by atoms with Crippen molar-refractivity contribution in [3.8, 4) is 0 Å². The van der Waals surface area contributed by atoms with Gasteiger partial charge >= 0.3 is 0 Å². The zero-order valence-electron chi connectivity index (χ0n) is 13.5. The quantitative estimate of drug-likeness (QED) is 0.450. The summed E-state index contributed by atoms with van der Waals surface area (Å²) in [5, 5.41) is 0. The van der Waals surface area contributed by atoms with Crippen molar-refractivity contribution in [3.05, 3.63) is 91.9 Å². The molecule has 0 saturated carbocycles. The van der Waals surface area contributed by atoms with Crippen LogP contribution in [0.2, 0.25) is 0 Å². The van der Waals surface area contributed by atoms with Crippen molar-refractivity contribution in [2.45, 2.75) is 37.5 Å². The third-order valence-electron chi connectivity index (χ3n) is 5.32. The highest BCUT2D eigenvalue weighted by Crippen LogP contribution is 2.51. The SMILES string of the molecule is BrC1=C(CCC2=C(Br)C(c3ccccc3)C2)CC1c1ccccc1. The maximum Gasteiger partial charge on any atom is 0.0193 e. The fourth-order valence-electron chi connectivity index (χ4n) is 3.74. The number of hydrogen-bond donors (Lipinski definition) is 0. The first-order valence-electron chi connectivity index (χ1n) is 8.58. The Morgan fingerprint density at radius 1 is 0.625 bits per heavy atom. The molecule has 0 nitrogen and oxygen atoms in total. The molecule has 122 valence electrons. The van der Waals surface area contributed by atoms with Gasteiger partial charge < -0.3 is 0 Å². The van der Waals surface area contributed by atoms with Crippen LogP contribution in [-0.4, -0.2) is 0 Å². The molecule has 2 aromatic carbocycles. The summed E-state index contributed by atoms with van der Waals surface area (Å²) in [5.41, 5.74) is 6.06. The average Bonchev–Trinajstić information content (AvgIpc) is 2.63. The predicted octanol–water partition coefficient (Wildman–Crippen LogP) is 7.44. The lowest BCUT2D eigenvalue weighted by Gasteiger charge is -2.34. The first-order valence-corrected chi connectivity index (χ1v) is 10.2. The summed E-state index contributed by atoms with van der Waals surface area (Å²) in [7, 11) is 0. The Hall–Kier alpha value is -1.12. The summed E-state index contributed by atoms with van der Waals surface area (Å²) in [6.07, 6.45) is 4.79. The first-order chi connectivity index (χ1) is 11.7. The lowest BCUT2D eigenvalue weighted by molar-refractivity contribution is 0.636. The van der Waals surface area contributed by atoms with Gasteiger partial charge in [0.15, 0.2) is 0 Å². The normalized spacial score (nSPS) is 23.1. The second-order valence-corrected chi connectivity index (χ2v) is 8.45. The van der Waals surface area contributed by atoms with E-state index in [2.05, 4.69) is 92.5 Å². The summed E-state index contributed by atoms with van der Waals surface area (Å²) in [4.78, 5) is 0. The topological polar surface area (TPSA) is 0 Å². The molecule has 24 heavy (non-hydrogen) atoms. The molecule has 0 heterocycles. The summed E-state index contributed by atoms with van der Waals surface area (Å²) in [6.45, 7) is 0. The Balaban J connectivity index is 1.37. The molecule has 0 radical (unpaired) electrons. The Kier molecular flexibility index (Phi) is 4.78. The van der Waals surface area contributed by atoms with Crippen LogP contribution < -0.4 is 0 Å². The smallest absolute Gasteiger partial charge is 0.0193 e. The van der Waals surface area contributed by atoms with Gasteiger partial charge in [0.25, 0.3) is 0 Å². The van der Waals surface area contributed by atoms with E-state index in [0.717, 1.165) is 0 Å². The number of allylic oxidation sites excluding steroid dienone is 4. The van der Waals surface area contributed by atoms with Crippen LogP contribution in [0.1, 0.15) is 48.6 Å². The van der Waals surface area contributed by atoms with Crippen molar-refractivity contribution in [1.82, 2.24) is 0 Å². The summed E-state index contributed by atoms with van der Waals surface area (Å²) in [5.74, 6) is 1.16. The van der Waals surface area contributed by atoms with Crippen molar-refractivity contribution in [2.75, 3.05) is 0 Å². The van der Waals surface area contributed by atoms with E-state index in [0.29, 0.717) is 11.8 Å². The Bertz CT molecular complexity index is 718. The van der Waals surface area contributed by atoms with Crippen LogP contribution in [0, 0.1) is 0 Å². The summed E-state index contributed by atoms with van der Waals surface area (Å²) >= 11 is 7.67. The lowest BCUT2D eigenvalue weighted by Crippen LogP contribution is -2.16. The molecule has 0 spiro atoms. The van der Waals surface area contributed by atoms with Crippen LogP contribution in [0.3, 0.4) is 0 Å². The molecule has 0 bridgehead atoms. The fraction of sp³-hybridized carbons (Fsp3) is 0.273.